The Morgan fingerprint density at radius 2 is 2.22 bits per heavy atom. The van der Waals surface area contributed by atoms with Gasteiger partial charge in [-0.3, -0.25) is 4.90 Å². The topological polar surface area (TPSA) is 49.8 Å². The van der Waals surface area contributed by atoms with E-state index in [-0.39, 0.29) is 12.7 Å². The Morgan fingerprint density at radius 3 is 2.89 bits per heavy atom. The van der Waals surface area contributed by atoms with Crippen LogP contribution in [0.5, 0.6) is 0 Å². The zero-order valence-corrected chi connectivity index (χ0v) is 11.0. The summed E-state index contributed by atoms with van der Waals surface area (Å²) >= 11 is 6.09. The second-order valence-corrected chi connectivity index (χ2v) is 5.11. The van der Waals surface area contributed by atoms with E-state index in [1.165, 1.54) is 0 Å². The Bertz CT molecular complexity index is 452. The van der Waals surface area contributed by atoms with Gasteiger partial charge in [-0.1, -0.05) is 29.8 Å². The summed E-state index contributed by atoms with van der Waals surface area (Å²) in [4.78, 5) is 13.4. The van der Waals surface area contributed by atoms with Crippen molar-refractivity contribution in [3.63, 3.8) is 0 Å². The molecule has 0 spiro atoms. The summed E-state index contributed by atoms with van der Waals surface area (Å²) < 4.78 is 5.08. The highest BCUT2D eigenvalue weighted by Crippen LogP contribution is 2.30. The van der Waals surface area contributed by atoms with Crippen LogP contribution in [-0.4, -0.2) is 34.9 Å². The van der Waals surface area contributed by atoms with Crippen molar-refractivity contribution in [2.45, 2.75) is 25.4 Å². The van der Waals surface area contributed by atoms with Crippen LogP contribution in [0.3, 0.4) is 0 Å². The molecule has 18 heavy (non-hydrogen) atoms. The van der Waals surface area contributed by atoms with E-state index in [1.54, 1.807) is 11.0 Å². The molecule has 0 bridgehead atoms. The Kier molecular flexibility index (Phi) is 3.78. The van der Waals surface area contributed by atoms with Crippen LogP contribution in [0, 0.1) is 0 Å². The van der Waals surface area contributed by atoms with E-state index < -0.39 is 5.54 Å². The first-order chi connectivity index (χ1) is 8.57. The van der Waals surface area contributed by atoms with Crippen molar-refractivity contribution < 1.29 is 14.6 Å². The molecule has 1 amide bonds. The zero-order chi connectivity index (χ0) is 13.2. The molecule has 1 aromatic rings. The molecule has 1 unspecified atom stereocenters. The van der Waals surface area contributed by atoms with Crippen LogP contribution in [0.4, 0.5) is 4.79 Å². The first kappa shape index (κ1) is 13.2. The molecule has 0 aliphatic carbocycles. The highest BCUT2D eigenvalue weighted by atomic mass is 35.5. The number of cyclic esters (lactones) is 1. The maximum Gasteiger partial charge on any atom is 0.410 e. The monoisotopic (exact) mass is 269 g/mol. The fourth-order valence-corrected chi connectivity index (χ4v) is 2.29. The number of aliphatic hydroxyl groups is 1. The Morgan fingerprint density at radius 1 is 1.50 bits per heavy atom. The highest BCUT2D eigenvalue weighted by molar-refractivity contribution is 6.31. The number of amides is 1. The van der Waals surface area contributed by atoms with E-state index in [9.17, 15) is 4.79 Å². The molecule has 98 valence electrons. The number of ether oxygens (including phenoxy) is 1. The van der Waals surface area contributed by atoms with Crippen molar-refractivity contribution >= 4 is 17.7 Å². The Hall–Kier alpha value is -1.26. The highest BCUT2D eigenvalue weighted by Gasteiger charge is 2.43. The smallest absolute Gasteiger partial charge is 0.410 e. The zero-order valence-electron chi connectivity index (χ0n) is 10.2. The van der Waals surface area contributed by atoms with Crippen LogP contribution in [-0.2, 0) is 11.3 Å². The van der Waals surface area contributed by atoms with Gasteiger partial charge < -0.3 is 9.84 Å². The van der Waals surface area contributed by atoms with Gasteiger partial charge in [0.05, 0.1) is 12.1 Å². The molecule has 1 heterocycles. The molecule has 1 aromatic carbocycles. The van der Waals surface area contributed by atoms with Crippen molar-refractivity contribution in [1.29, 1.82) is 0 Å². The van der Waals surface area contributed by atoms with E-state index in [0.717, 1.165) is 5.56 Å². The lowest BCUT2D eigenvalue weighted by Crippen LogP contribution is -2.44. The molecular formula is C13H16ClNO3. The quantitative estimate of drug-likeness (QED) is 0.913. The van der Waals surface area contributed by atoms with Gasteiger partial charge in [-0.15, -0.1) is 0 Å². The molecule has 1 atom stereocenters. The number of rotatable bonds is 4. The summed E-state index contributed by atoms with van der Waals surface area (Å²) in [5.74, 6) is 0. The lowest BCUT2D eigenvalue weighted by Gasteiger charge is -2.31. The minimum atomic E-state index is -0.467. The van der Waals surface area contributed by atoms with Gasteiger partial charge >= 0.3 is 6.09 Å². The molecular weight excluding hydrogens is 254 g/mol. The van der Waals surface area contributed by atoms with Crippen LogP contribution in [0.15, 0.2) is 24.3 Å². The number of hydrogen-bond acceptors (Lipinski definition) is 3. The third-order valence-electron chi connectivity index (χ3n) is 3.32. The third kappa shape index (κ3) is 2.44. The van der Waals surface area contributed by atoms with Crippen LogP contribution in [0.25, 0.3) is 0 Å². The third-order valence-corrected chi connectivity index (χ3v) is 3.68. The fourth-order valence-electron chi connectivity index (χ4n) is 2.09. The van der Waals surface area contributed by atoms with Gasteiger partial charge in [0.2, 0.25) is 0 Å². The summed E-state index contributed by atoms with van der Waals surface area (Å²) in [6.07, 6.45) is 0.134. The summed E-state index contributed by atoms with van der Waals surface area (Å²) in [6.45, 7) is 2.63. The minimum Gasteiger partial charge on any atom is -0.447 e. The molecule has 1 aliphatic rings. The molecule has 1 N–H and O–H groups in total. The maximum atomic E-state index is 11.8. The summed E-state index contributed by atoms with van der Waals surface area (Å²) in [5, 5.41) is 9.73. The van der Waals surface area contributed by atoms with Crippen LogP contribution in [0.1, 0.15) is 18.9 Å². The number of benzene rings is 1. The number of hydrogen-bond donors (Lipinski definition) is 1. The van der Waals surface area contributed by atoms with Crippen molar-refractivity contribution in [3.05, 3.63) is 34.9 Å². The second kappa shape index (κ2) is 5.16. The summed E-state index contributed by atoms with van der Waals surface area (Å²) in [6, 6.07) is 7.40. The van der Waals surface area contributed by atoms with Crippen LogP contribution in [0.2, 0.25) is 5.02 Å². The molecule has 0 radical (unpaired) electrons. The average molecular weight is 270 g/mol. The number of aliphatic hydroxyl groups excluding tert-OH is 1. The molecule has 1 fully saturated rings. The summed E-state index contributed by atoms with van der Waals surface area (Å²) in [5.41, 5.74) is 0.410. The largest absolute Gasteiger partial charge is 0.447 e. The number of nitrogens with zero attached hydrogens (tertiary/aromatic N) is 1. The normalized spacial score (nSPS) is 23.3. The van der Waals surface area contributed by atoms with Gasteiger partial charge in [0.25, 0.3) is 0 Å². The fraction of sp³-hybridized carbons (Fsp3) is 0.462. The van der Waals surface area contributed by atoms with Gasteiger partial charge in [-0.05, 0) is 25.0 Å². The second-order valence-electron chi connectivity index (χ2n) is 4.70. The standard InChI is InChI=1S/C13H16ClNO3/c1-13(6-7-16)9-18-12(17)15(13)8-10-4-2-3-5-11(10)14/h2-5,16H,6-9H2,1H3. The van der Waals surface area contributed by atoms with Crippen LogP contribution < -0.4 is 0 Å². The van der Waals surface area contributed by atoms with Crippen molar-refractivity contribution in [2.75, 3.05) is 13.2 Å². The Labute approximate surface area is 111 Å². The molecule has 0 saturated carbocycles. The van der Waals surface area contributed by atoms with E-state index in [1.807, 2.05) is 25.1 Å². The molecule has 2 rings (SSSR count). The molecule has 5 heteroatoms. The summed E-state index contributed by atoms with van der Waals surface area (Å²) in [7, 11) is 0. The lowest BCUT2D eigenvalue weighted by atomic mass is 9.97. The van der Waals surface area contributed by atoms with E-state index >= 15 is 0 Å². The van der Waals surface area contributed by atoms with Gasteiger partial charge in [0, 0.05) is 11.6 Å². The van der Waals surface area contributed by atoms with E-state index in [2.05, 4.69) is 0 Å². The van der Waals surface area contributed by atoms with Crippen molar-refractivity contribution in [3.8, 4) is 0 Å². The number of carbonyl (C=O) groups excluding carboxylic acids is 1. The molecule has 1 aliphatic heterocycles. The Balaban J connectivity index is 2.21. The number of carbonyl (C=O) groups is 1. The number of halogens is 1. The van der Waals surface area contributed by atoms with Gasteiger partial charge in [0.1, 0.15) is 6.61 Å². The first-order valence-corrected chi connectivity index (χ1v) is 6.23. The maximum absolute atomic E-state index is 11.8. The van der Waals surface area contributed by atoms with Crippen LogP contribution >= 0.6 is 11.6 Å². The van der Waals surface area contributed by atoms with Gasteiger partial charge in [-0.2, -0.15) is 0 Å². The van der Waals surface area contributed by atoms with E-state index in [4.69, 9.17) is 21.4 Å². The molecule has 4 nitrogen and oxygen atoms in total. The first-order valence-electron chi connectivity index (χ1n) is 5.85. The van der Waals surface area contributed by atoms with Gasteiger partial charge in [-0.25, -0.2) is 4.79 Å². The predicted octanol–water partition coefficient (Wildman–Crippen LogP) is 2.43. The predicted molar refractivity (Wildman–Crippen MR) is 68.5 cm³/mol. The van der Waals surface area contributed by atoms with Crippen molar-refractivity contribution in [2.24, 2.45) is 0 Å². The minimum absolute atomic E-state index is 0.0200. The average Bonchev–Trinajstić information content (AvgIpc) is 2.61. The van der Waals surface area contributed by atoms with E-state index in [0.29, 0.717) is 24.6 Å². The lowest BCUT2D eigenvalue weighted by molar-refractivity contribution is 0.131. The SMILES string of the molecule is CC1(CCO)COC(=O)N1Cc1ccccc1Cl. The van der Waals surface area contributed by atoms with Gasteiger partial charge in [0.15, 0.2) is 0 Å². The molecule has 0 aromatic heterocycles. The molecule has 1 saturated heterocycles. The van der Waals surface area contributed by atoms with Crippen molar-refractivity contribution in [1.82, 2.24) is 4.90 Å².